The summed E-state index contributed by atoms with van der Waals surface area (Å²) in [6, 6.07) is 4.52. The van der Waals surface area contributed by atoms with Gasteiger partial charge in [0, 0.05) is 12.3 Å². The fraction of sp³-hybridized carbons (Fsp3) is 0.500. The third-order valence-corrected chi connectivity index (χ3v) is 4.44. The molecule has 1 aliphatic rings. The van der Waals surface area contributed by atoms with Crippen LogP contribution in [0.25, 0.3) is 0 Å². The van der Waals surface area contributed by atoms with Crippen LogP contribution in [-0.2, 0) is 9.84 Å². The lowest BCUT2D eigenvalue weighted by atomic mass is 9.82. The molecule has 0 bridgehead atoms. The summed E-state index contributed by atoms with van der Waals surface area (Å²) in [5, 5.41) is 14.2. The van der Waals surface area contributed by atoms with Crippen molar-refractivity contribution in [1.29, 1.82) is 0 Å². The van der Waals surface area contributed by atoms with E-state index < -0.39 is 14.8 Å². The first-order valence-electron chi connectivity index (χ1n) is 6.03. The number of sulfone groups is 1. The van der Waals surface area contributed by atoms with Crippen molar-refractivity contribution >= 4 is 21.2 Å². The van der Waals surface area contributed by atoms with Gasteiger partial charge in [-0.15, -0.1) is 0 Å². The van der Waals surface area contributed by atoms with E-state index in [1.54, 1.807) is 6.07 Å². The molecule has 1 saturated carbocycles. The van der Waals surface area contributed by atoms with Gasteiger partial charge in [0.15, 0.2) is 9.84 Å². The quantitative estimate of drug-likeness (QED) is 0.676. The molecule has 0 radical (unpaired) electrons. The summed E-state index contributed by atoms with van der Waals surface area (Å²) in [7, 11) is -3.62. The van der Waals surface area contributed by atoms with E-state index in [1.807, 2.05) is 0 Å². The first kappa shape index (κ1) is 13.8. The highest BCUT2D eigenvalue weighted by Crippen LogP contribution is 2.36. The van der Waals surface area contributed by atoms with Gasteiger partial charge in [-0.1, -0.05) is 13.0 Å². The number of para-hydroxylation sites is 1. The van der Waals surface area contributed by atoms with Crippen molar-refractivity contribution < 1.29 is 13.3 Å². The maximum Gasteiger partial charge on any atom is 0.310 e. The molecule has 1 aromatic carbocycles. The number of nitrogens with zero attached hydrogens (tertiary/aromatic N) is 1. The predicted molar refractivity (Wildman–Crippen MR) is 72.0 cm³/mol. The molecule has 0 saturated heterocycles. The number of rotatable bonds is 4. The summed E-state index contributed by atoms with van der Waals surface area (Å²) in [6.45, 7) is 2.11. The van der Waals surface area contributed by atoms with Crippen molar-refractivity contribution in [2.24, 2.45) is 5.92 Å². The van der Waals surface area contributed by atoms with Crippen LogP contribution >= 0.6 is 0 Å². The molecule has 1 N–H and O–H groups in total. The zero-order chi connectivity index (χ0) is 14.2. The minimum atomic E-state index is -3.62. The maximum absolute atomic E-state index is 11.6. The van der Waals surface area contributed by atoms with Crippen molar-refractivity contribution in [3.8, 4) is 0 Å². The largest absolute Gasteiger partial charge is 0.377 e. The second-order valence-electron chi connectivity index (χ2n) is 5.10. The third kappa shape index (κ3) is 2.86. The topological polar surface area (TPSA) is 89.3 Å². The van der Waals surface area contributed by atoms with Crippen LogP contribution in [0.15, 0.2) is 23.1 Å². The molecule has 0 amide bonds. The Morgan fingerprint density at radius 1 is 1.37 bits per heavy atom. The summed E-state index contributed by atoms with van der Waals surface area (Å²) in [4.78, 5) is 10.3. The molecular formula is C12H16N2O4S. The van der Waals surface area contributed by atoms with Gasteiger partial charge in [-0.3, -0.25) is 10.1 Å². The van der Waals surface area contributed by atoms with Crippen molar-refractivity contribution in [1.82, 2.24) is 0 Å². The summed E-state index contributed by atoms with van der Waals surface area (Å²) < 4.78 is 23.2. The molecule has 0 aromatic heterocycles. The molecular weight excluding hydrogens is 268 g/mol. The molecule has 0 atom stereocenters. The molecule has 1 aliphatic carbocycles. The number of hydrogen-bond donors (Lipinski definition) is 1. The molecule has 1 aromatic rings. The van der Waals surface area contributed by atoms with E-state index >= 15 is 0 Å². The minimum Gasteiger partial charge on any atom is -0.377 e. The number of benzene rings is 1. The van der Waals surface area contributed by atoms with Gasteiger partial charge in [0.05, 0.1) is 4.92 Å². The van der Waals surface area contributed by atoms with Gasteiger partial charge < -0.3 is 5.32 Å². The molecule has 104 valence electrons. The van der Waals surface area contributed by atoms with Crippen LogP contribution in [-0.4, -0.2) is 25.6 Å². The van der Waals surface area contributed by atoms with Crippen LogP contribution in [0.3, 0.4) is 0 Å². The highest BCUT2D eigenvalue weighted by molar-refractivity contribution is 7.90. The number of anilines is 1. The second kappa shape index (κ2) is 4.80. The van der Waals surface area contributed by atoms with Crippen molar-refractivity contribution in [3.05, 3.63) is 28.3 Å². The number of nitrogens with one attached hydrogen (secondary N) is 1. The molecule has 0 spiro atoms. The Balaban J connectivity index is 2.40. The number of nitro groups is 1. The summed E-state index contributed by atoms with van der Waals surface area (Å²) in [6.07, 6.45) is 2.87. The number of hydrogen-bond acceptors (Lipinski definition) is 5. The Kier molecular flexibility index (Phi) is 3.49. The van der Waals surface area contributed by atoms with Crippen LogP contribution in [0.4, 0.5) is 11.4 Å². The smallest absolute Gasteiger partial charge is 0.310 e. The lowest BCUT2D eigenvalue weighted by molar-refractivity contribution is -0.386. The van der Waals surface area contributed by atoms with Crippen molar-refractivity contribution in [2.45, 2.75) is 30.7 Å². The van der Waals surface area contributed by atoms with Gasteiger partial charge in [-0.2, -0.15) is 0 Å². The van der Waals surface area contributed by atoms with Crippen LogP contribution in [0.2, 0.25) is 0 Å². The predicted octanol–water partition coefficient (Wildman–Crippen LogP) is 2.21. The maximum atomic E-state index is 11.6. The normalized spacial score (nSPS) is 22.6. The van der Waals surface area contributed by atoms with Gasteiger partial charge in [0.2, 0.25) is 0 Å². The van der Waals surface area contributed by atoms with E-state index in [-0.39, 0.29) is 22.3 Å². The number of nitro benzene ring substituents is 1. The lowest BCUT2D eigenvalue weighted by Gasteiger charge is -2.33. The van der Waals surface area contributed by atoms with Gasteiger partial charge in [0.1, 0.15) is 10.6 Å². The molecule has 7 heteroatoms. The van der Waals surface area contributed by atoms with Crippen LogP contribution < -0.4 is 5.32 Å². The SMILES string of the molecule is CC1CC(Nc2cccc(S(C)(=O)=O)c2[N+](=O)[O-])C1. The third-order valence-electron chi connectivity index (χ3n) is 3.31. The van der Waals surface area contributed by atoms with Crippen molar-refractivity contribution in [3.63, 3.8) is 0 Å². The average Bonchev–Trinajstić information content (AvgIpc) is 2.25. The zero-order valence-corrected chi connectivity index (χ0v) is 11.6. The summed E-state index contributed by atoms with van der Waals surface area (Å²) >= 11 is 0. The Hall–Kier alpha value is -1.63. The van der Waals surface area contributed by atoms with Gasteiger partial charge in [-0.25, -0.2) is 8.42 Å². The Bertz CT molecular complexity index is 606. The molecule has 6 nitrogen and oxygen atoms in total. The highest BCUT2D eigenvalue weighted by Gasteiger charge is 2.30. The Morgan fingerprint density at radius 2 is 2.00 bits per heavy atom. The van der Waals surface area contributed by atoms with Gasteiger partial charge in [0.25, 0.3) is 0 Å². The Morgan fingerprint density at radius 3 is 2.47 bits per heavy atom. The van der Waals surface area contributed by atoms with Crippen LogP contribution in [0.5, 0.6) is 0 Å². The fourth-order valence-corrected chi connectivity index (χ4v) is 3.23. The molecule has 2 rings (SSSR count). The minimum absolute atomic E-state index is 0.184. The first-order valence-corrected chi connectivity index (χ1v) is 7.92. The van der Waals surface area contributed by atoms with Gasteiger partial charge >= 0.3 is 5.69 Å². The molecule has 19 heavy (non-hydrogen) atoms. The summed E-state index contributed by atoms with van der Waals surface area (Å²) in [5.41, 5.74) is -0.0746. The summed E-state index contributed by atoms with van der Waals surface area (Å²) in [5.74, 6) is 0.606. The van der Waals surface area contributed by atoms with Crippen LogP contribution in [0.1, 0.15) is 19.8 Å². The standard InChI is InChI=1S/C12H16N2O4S/c1-8-6-9(7-8)13-10-4-3-5-11(19(2,17)18)12(10)14(15)16/h3-5,8-9,13H,6-7H2,1-2H3. The molecule has 0 aliphatic heterocycles. The zero-order valence-electron chi connectivity index (χ0n) is 10.8. The average molecular weight is 284 g/mol. The highest BCUT2D eigenvalue weighted by atomic mass is 32.2. The molecule has 1 fully saturated rings. The monoisotopic (exact) mass is 284 g/mol. The second-order valence-corrected chi connectivity index (χ2v) is 7.08. The lowest BCUT2D eigenvalue weighted by Crippen LogP contribution is -2.34. The Labute approximate surface area is 111 Å². The van der Waals surface area contributed by atoms with Gasteiger partial charge in [-0.05, 0) is 30.9 Å². The first-order chi connectivity index (χ1) is 8.79. The van der Waals surface area contributed by atoms with E-state index in [2.05, 4.69) is 12.2 Å². The molecule has 0 heterocycles. The van der Waals surface area contributed by atoms with E-state index in [1.165, 1.54) is 12.1 Å². The van der Waals surface area contributed by atoms with E-state index in [0.29, 0.717) is 5.92 Å². The van der Waals surface area contributed by atoms with E-state index in [9.17, 15) is 18.5 Å². The van der Waals surface area contributed by atoms with E-state index in [4.69, 9.17) is 0 Å². The van der Waals surface area contributed by atoms with E-state index in [0.717, 1.165) is 19.1 Å². The van der Waals surface area contributed by atoms with Crippen molar-refractivity contribution in [2.75, 3.05) is 11.6 Å². The van der Waals surface area contributed by atoms with Crippen LogP contribution in [0, 0.1) is 16.0 Å². The molecule has 0 unspecified atom stereocenters. The fourth-order valence-electron chi connectivity index (χ4n) is 2.37.